The summed E-state index contributed by atoms with van der Waals surface area (Å²) in [5, 5.41) is 1.12. The Kier molecular flexibility index (Phi) is 2.78. The largest absolute Gasteiger partial charge is 0.347 e. The number of hydrogen-bond donors (Lipinski definition) is 0. The van der Waals surface area contributed by atoms with E-state index in [1.807, 2.05) is 0 Å². The second kappa shape index (κ2) is 4.05. The zero-order valence-electron chi connectivity index (χ0n) is 7.99. The summed E-state index contributed by atoms with van der Waals surface area (Å²) >= 11 is 1.55. The van der Waals surface area contributed by atoms with E-state index in [0.717, 1.165) is 17.4 Å². The number of rotatable bonds is 2. The van der Waals surface area contributed by atoms with Gasteiger partial charge in [0.1, 0.15) is 5.82 Å². The Hall–Kier alpha value is -0.640. The summed E-state index contributed by atoms with van der Waals surface area (Å²) in [6, 6.07) is 0. The molecular weight excluding hydrogens is 182 g/mol. The molecule has 1 saturated heterocycles. The van der Waals surface area contributed by atoms with Gasteiger partial charge in [-0.05, 0) is 19.3 Å². The molecule has 0 aliphatic carbocycles. The molecule has 0 spiro atoms. The van der Waals surface area contributed by atoms with Gasteiger partial charge in [-0.3, -0.25) is 0 Å². The van der Waals surface area contributed by atoms with Crippen molar-refractivity contribution >= 4 is 16.7 Å². The van der Waals surface area contributed by atoms with Gasteiger partial charge in [0.25, 0.3) is 0 Å². The van der Waals surface area contributed by atoms with Crippen molar-refractivity contribution in [2.75, 3.05) is 18.0 Å². The van der Waals surface area contributed by atoms with Gasteiger partial charge in [0.05, 0.1) is 0 Å². The third-order valence-corrected chi connectivity index (χ3v) is 3.22. The van der Waals surface area contributed by atoms with Crippen LogP contribution in [0, 0.1) is 0 Å². The van der Waals surface area contributed by atoms with Gasteiger partial charge in [0, 0.05) is 31.0 Å². The first kappa shape index (κ1) is 8.94. The number of aryl methyl sites for hydroxylation is 1. The van der Waals surface area contributed by atoms with E-state index in [1.165, 1.54) is 32.4 Å². The first-order chi connectivity index (χ1) is 6.40. The molecule has 0 N–H and O–H groups in total. The Morgan fingerprint density at radius 3 is 2.69 bits per heavy atom. The molecule has 0 atom stereocenters. The fourth-order valence-electron chi connectivity index (χ4n) is 1.60. The van der Waals surface area contributed by atoms with Gasteiger partial charge < -0.3 is 4.90 Å². The summed E-state index contributed by atoms with van der Waals surface area (Å²) in [5.74, 6) is 0.991. The molecule has 3 nitrogen and oxygen atoms in total. The van der Waals surface area contributed by atoms with E-state index in [4.69, 9.17) is 0 Å². The zero-order valence-corrected chi connectivity index (χ0v) is 8.81. The van der Waals surface area contributed by atoms with Gasteiger partial charge in [-0.1, -0.05) is 6.92 Å². The Morgan fingerprint density at radius 2 is 2.08 bits per heavy atom. The van der Waals surface area contributed by atoms with Gasteiger partial charge in [-0.25, -0.2) is 4.98 Å². The molecule has 0 aromatic carbocycles. The second-order valence-corrected chi connectivity index (χ2v) is 4.12. The van der Waals surface area contributed by atoms with Crippen LogP contribution in [0.3, 0.4) is 0 Å². The molecule has 13 heavy (non-hydrogen) atoms. The minimum absolute atomic E-state index is 0.949. The summed E-state index contributed by atoms with van der Waals surface area (Å²) in [6.07, 6.45) is 4.93. The number of hydrogen-bond acceptors (Lipinski definition) is 4. The highest BCUT2D eigenvalue weighted by atomic mass is 32.1. The van der Waals surface area contributed by atoms with E-state index in [1.54, 1.807) is 11.5 Å². The third kappa shape index (κ3) is 1.99. The smallest absolute Gasteiger partial charge is 0.205 e. The van der Waals surface area contributed by atoms with Crippen molar-refractivity contribution in [2.24, 2.45) is 0 Å². The van der Waals surface area contributed by atoms with Crippen molar-refractivity contribution in [3.8, 4) is 0 Å². The quantitative estimate of drug-likeness (QED) is 0.727. The lowest BCUT2D eigenvalue weighted by Gasteiger charge is -2.25. The maximum absolute atomic E-state index is 4.49. The van der Waals surface area contributed by atoms with E-state index in [9.17, 15) is 0 Å². The van der Waals surface area contributed by atoms with Crippen LogP contribution in [0.15, 0.2) is 0 Å². The summed E-state index contributed by atoms with van der Waals surface area (Å²) in [4.78, 5) is 6.85. The predicted molar refractivity (Wildman–Crippen MR) is 55.4 cm³/mol. The molecule has 0 saturated carbocycles. The first-order valence-corrected chi connectivity index (χ1v) is 5.75. The highest BCUT2D eigenvalue weighted by Gasteiger charge is 2.14. The minimum atomic E-state index is 0.949. The molecule has 0 amide bonds. The average molecular weight is 197 g/mol. The van der Waals surface area contributed by atoms with Gasteiger partial charge in [0.15, 0.2) is 0 Å². The summed E-state index contributed by atoms with van der Waals surface area (Å²) in [7, 11) is 0. The van der Waals surface area contributed by atoms with Gasteiger partial charge >= 0.3 is 0 Å². The lowest BCUT2D eigenvalue weighted by Crippen LogP contribution is -2.29. The Balaban J connectivity index is 2.05. The van der Waals surface area contributed by atoms with Crippen LogP contribution >= 0.6 is 11.5 Å². The van der Waals surface area contributed by atoms with Crippen molar-refractivity contribution in [3.63, 3.8) is 0 Å². The molecule has 2 heterocycles. The highest BCUT2D eigenvalue weighted by molar-refractivity contribution is 7.09. The second-order valence-electron chi connectivity index (χ2n) is 3.39. The molecule has 0 unspecified atom stereocenters. The first-order valence-electron chi connectivity index (χ1n) is 4.97. The van der Waals surface area contributed by atoms with Crippen LogP contribution in [0.25, 0.3) is 0 Å². The van der Waals surface area contributed by atoms with Crippen LogP contribution in [0.1, 0.15) is 32.0 Å². The van der Waals surface area contributed by atoms with Gasteiger partial charge in [0.2, 0.25) is 5.13 Å². The molecule has 1 aromatic heterocycles. The van der Waals surface area contributed by atoms with Crippen LogP contribution in [0.2, 0.25) is 0 Å². The molecule has 1 aromatic rings. The van der Waals surface area contributed by atoms with Crippen LogP contribution in [0.5, 0.6) is 0 Å². The number of anilines is 1. The fourth-order valence-corrected chi connectivity index (χ4v) is 2.40. The molecule has 1 fully saturated rings. The van der Waals surface area contributed by atoms with E-state index in [0.29, 0.717) is 0 Å². The lowest BCUT2D eigenvalue weighted by atomic mass is 10.1. The fraction of sp³-hybridized carbons (Fsp3) is 0.778. The van der Waals surface area contributed by atoms with Crippen molar-refractivity contribution in [3.05, 3.63) is 5.82 Å². The molecule has 72 valence electrons. The molecule has 1 aliphatic heterocycles. The van der Waals surface area contributed by atoms with Crippen molar-refractivity contribution in [1.82, 2.24) is 9.36 Å². The molecule has 4 heteroatoms. The SMILES string of the molecule is CCc1nsc(N2CCCCC2)n1. The maximum atomic E-state index is 4.49. The summed E-state index contributed by atoms with van der Waals surface area (Å²) in [5.41, 5.74) is 0. The average Bonchev–Trinajstić information content (AvgIpc) is 2.67. The van der Waals surface area contributed by atoms with Crippen molar-refractivity contribution < 1.29 is 0 Å². The third-order valence-electron chi connectivity index (χ3n) is 2.40. The summed E-state index contributed by atoms with van der Waals surface area (Å²) < 4.78 is 4.30. The zero-order chi connectivity index (χ0) is 9.10. The topological polar surface area (TPSA) is 29.0 Å². The van der Waals surface area contributed by atoms with Crippen LogP contribution in [-0.4, -0.2) is 22.4 Å². The normalized spacial score (nSPS) is 17.8. The van der Waals surface area contributed by atoms with Crippen molar-refractivity contribution in [1.29, 1.82) is 0 Å². The predicted octanol–water partition coefficient (Wildman–Crippen LogP) is 2.09. The van der Waals surface area contributed by atoms with E-state index >= 15 is 0 Å². The van der Waals surface area contributed by atoms with Gasteiger partial charge in [-0.2, -0.15) is 4.37 Å². The molecule has 2 rings (SSSR count). The Morgan fingerprint density at radius 1 is 1.31 bits per heavy atom. The molecule has 0 bridgehead atoms. The van der Waals surface area contributed by atoms with E-state index in [-0.39, 0.29) is 0 Å². The molecular formula is C9H15N3S. The van der Waals surface area contributed by atoms with Crippen LogP contribution in [0.4, 0.5) is 5.13 Å². The van der Waals surface area contributed by atoms with Crippen LogP contribution in [-0.2, 0) is 6.42 Å². The standard InChI is InChI=1S/C9H15N3S/c1-2-8-10-9(13-11-8)12-6-4-3-5-7-12/h2-7H2,1H3. The van der Waals surface area contributed by atoms with E-state index < -0.39 is 0 Å². The maximum Gasteiger partial charge on any atom is 0.205 e. The van der Waals surface area contributed by atoms with Crippen molar-refractivity contribution in [2.45, 2.75) is 32.6 Å². The molecule has 1 aliphatic rings. The van der Waals surface area contributed by atoms with E-state index in [2.05, 4.69) is 21.2 Å². The highest BCUT2D eigenvalue weighted by Crippen LogP contribution is 2.21. The van der Waals surface area contributed by atoms with Crippen LogP contribution < -0.4 is 4.90 Å². The Labute approximate surface area is 83.0 Å². The summed E-state index contributed by atoms with van der Waals surface area (Å²) in [6.45, 7) is 4.43. The number of nitrogens with zero attached hydrogens (tertiary/aromatic N) is 3. The minimum Gasteiger partial charge on any atom is -0.347 e. The lowest BCUT2D eigenvalue weighted by molar-refractivity contribution is 0.576. The number of piperidine rings is 1. The molecule has 0 radical (unpaired) electrons. The monoisotopic (exact) mass is 197 g/mol. The number of aromatic nitrogens is 2. The van der Waals surface area contributed by atoms with Gasteiger partial charge in [-0.15, -0.1) is 0 Å². The Bertz CT molecular complexity index is 266.